The van der Waals surface area contributed by atoms with E-state index in [2.05, 4.69) is 25.5 Å². The Balaban J connectivity index is 0.00000288. The van der Waals surface area contributed by atoms with Gasteiger partial charge in [0.2, 0.25) is 0 Å². The summed E-state index contributed by atoms with van der Waals surface area (Å²) in [5.41, 5.74) is 0.922. The third kappa shape index (κ3) is 7.75. The molecular formula is C15H26IN5O2S. The molecule has 0 bridgehead atoms. The SMILES string of the molecule is CCNC(=NCc1ccccn1)NCCN1CCS(=O)(=O)CC1.I. The van der Waals surface area contributed by atoms with E-state index in [1.807, 2.05) is 25.1 Å². The Kier molecular flexibility index (Phi) is 9.52. The standard InChI is InChI=1S/C15H25N5O2S.HI/c1-2-16-15(19-13-14-5-3-4-6-17-14)18-7-8-20-9-11-23(21,22)12-10-20;/h3-6H,2,7-13H2,1H3,(H2,16,18,19);1H. The first-order chi connectivity index (χ1) is 11.1. The third-order valence-corrected chi connectivity index (χ3v) is 5.24. The van der Waals surface area contributed by atoms with Crippen LogP contribution in [-0.4, -0.2) is 68.5 Å². The predicted octanol–water partition coefficient (Wildman–Crippen LogP) is 0.485. The Bertz CT molecular complexity index is 596. The van der Waals surface area contributed by atoms with E-state index in [0.717, 1.165) is 31.3 Å². The minimum Gasteiger partial charge on any atom is -0.357 e. The quantitative estimate of drug-likeness (QED) is 0.360. The minimum atomic E-state index is -2.81. The van der Waals surface area contributed by atoms with Crippen molar-refractivity contribution in [2.75, 3.05) is 44.2 Å². The van der Waals surface area contributed by atoms with Crippen molar-refractivity contribution in [1.82, 2.24) is 20.5 Å². The first-order valence-electron chi connectivity index (χ1n) is 7.94. The largest absolute Gasteiger partial charge is 0.357 e. The van der Waals surface area contributed by atoms with Crippen LogP contribution in [0, 0.1) is 0 Å². The molecule has 2 heterocycles. The van der Waals surface area contributed by atoms with Gasteiger partial charge in [-0.2, -0.15) is 0 Å². The molecule has 9 heteroatoms. The molecule has 0 unspecified atom stereocenters. The highest BCUT2D eigenvalue weighted by atomic mass is 127. The molecule has 0 atom stereocenters. The number of rotatable bonds is 6. The van der Waals surface area contributed by atoms with Crippen LogP contribution >= 0.6 is 24.0 Å². The molecule has 1 aromatic rings. The lowest BCUT2D eigenvalue weighted by molar-refractivity contribution is 0.299. The van der Waals surface area contributed by atoms with E-state index in [9.17, 15) is 8.42 Å². The summed E-state index contributed by atoms with van der Waals surface area (Å²) < 4.78 is 22.8. The summed E-state index contributed by atoms with van der Waals surface area (Å²) in [6, 6.07) is 5.78. The van der Waals surface area contributed by atoms with Crippen LogP contribution in [0.3, 0.4) is 0 Å². The van der Waals surface area contributed by atoms with E-state index in [-0.39, 0.29) is 35.5 Å². The molecule has 0 radical (unpaired) electrons. The van der Waals surface area contributed by atoms with Crippen molar-refractivity contribution in [2.45, 2.75) is 13.5 Å². The van der Waals surface area contributed by atoms with E-state index in [0.29, 0.717) is 19.6 Å². The number of nitrogens with zero attached hydrogens (tertiary/aromatic N) is 3. The van der Waals surface area contributed by atoms with E-state index in [1.165, 1.54) is 0 Å². The number of hydrogen-bond acceptors (Lipinski definition) is 5. The van der Waals surface area contributed by atoms with Gasteiger partial charge in [0, 0.05) is 38.9 Å². The van der Waals surface area contributed by atoms with Crippen LogP contribution in [0.1, 0.15) is 12.6 Å². The second-order valence-electron chi connectivity index (χ2n) is 5.44. The average molecular weight is 467 g/mol. The van der Waals surface area contributed by atoms with Gasteiger partial charge in [-0.1, -0.05) is 6.07 Å². The summed E-state index contributed by atoms with van der Waals surface area (Å²) in [6.07, 6.45) is 1.76. The Labute approximate surface area is 161 Å². The van der Waals surface area contributed by atoms with Gasteiger partial charge >= 0.3 is 0 Å². The van der Waals surface area contributed by atoms with Crippen LogP contribution in [-0.2, 0) is 16.4 Å². The van der Waals surface area contributed by atoms with Gasteiger partial charge in [0.1, 0.15) is 0 Å². The number of aromatic nitrogens is 1. The second-order valence-corrected chi connectivity index (χ2v) is 7.74. The molecule has 2 N–H and O–H groups in total. The number of aliphatic imine (C=N–C) groups is 1. The molecule has 0 saturated carbocycles. The molecule has 2 rings (SSSR count). The zero-order chi connectivity index (χ0) is 16.5. The zero-order valence-corrected chi connectivity index (χ0v) is 17.1. The topological polar surface area (TPSA) is 86.7 Å². The maximum Gasteiger partial charge on any atom is 0.191 e. The van der Waals surface area contributed by atoms with Crippen molar-refractivity contribution in [3.63, 3.8) is 0 Å². The molecule has 7 nitrogen and oxygen atoms in total. The molecule has 1 fully saturated rings. The van der Waals surface area contributed by atoms with Crippen LogP contribution in [0.4, 0.5) is 0 Å². The summed E-state index contributed by atoms with van der Waals surface area (Å²) in [5.74, 6) is 1.28. The molecule has 24 heavy (non-hydrogen) atoms. The van der Waals surface area contributed by atoms with Crippen LogP contribution in [0.5, 0.6) is 0 Å². The summed E-state index contributed by atoms with van der Waals surface area (Å²) in [6.45, 7) is 6.11. The highest BCUT2D eigenvalue weighted by Gasteiger charge is 2.20. The van der Waals surface area contributed by atoms with Crippen molar-refractivity contribution in [1.29, 1.82) is 0 Å². The normalized spacial score (nSPS) is 17.8. The van der Waals surface area contributed by atoms with Crippen LogP contribution < -0.4 is 10.6 Å². The highest BCUT2D eigenvalue weighted by Crippen LogP contribution is 2.02. The van der Waals surface area contributed by atoms with Gasteiger partial charge in [-0.15, -0.1) is 24.0 Å². The Morgan fingerprint density at radius 1 is 1.29 bits per heavy atom. The fourth-order valence-corrected chi connectivity index (χ4v) is 3.58. The number of sulfone groups is 1. The Hall–Kier alpha value is -0.940. The highest BCUT2D eigenvalue weighted by molar-refractivity contribution is 14.0. The molecule has 0 amide bonds. The number of nitrogens with one attached hydrogen (secondary N) is 2. The fourth-order valence-electron chi connectivity index (χ4n) is 2.30. The number of hydrogen-bond donors (Lipinski definition) is 2. The zero-order valence-electron chi connectivity index (χ0n) is 13.9. The van der Waals surface area contributed by atoms with Gasteiger partial charge in [0.15, 0.2) is 15.8 Å². The maximum atomic E-state index is 11.4. The van der Waals surface area contributed by atoms with Crippen molar-refractivity contribution >= 4 is 39.8 Å². The van der Waals surface area contributed by atoms with Crippen molar-refractivity contribution in [2.24, 2.45) is 4.99 Å². The summed E-state index contributed by atoms with van der Waals surface area (Å²) in [4.78, 5) is 10.9. The van der Waals surface area contributed by atoms with Gasteiger partial charge in [-0.05, 0) is 19.1 Å². The first kappa shape index (κ1) is 21.1. The first-order valence-corrected chi connectivity index (χ1v) is 9.76. The van der Waals surface area contributed by atoms with Crippen molar-refractivity contribution < 1.29 is 8.42 Å². The Morgan fingerprint density at radius 2 is 2.04 bits per heavy atom. The molecule has 136 valence electrons. The average Bonchev–Trinajstić information content (AvgIpc) is 2.55. The molecule has 1 aromatic heterocycles. The summed E-state index contributed by atoms with van der Waals surface area (Å²) >= 11 is 0. The van der Waals surface area contributed by atoms with Gasteiger partial charge in [0.25, 0.3) is 0 Å². The molecular weight excluding hydrogens is 441 g/mol. The number of halogens is 1. The van der Waals surface area contributed by atoms with E-state index >= 15 is 0 Å². The van der Waals surface area contributed by atoms with Gasteiger partial charge in [-0.25, -0.2) is 13.4 Å². The molecule has 1 aliphatic heterocycles. The Morgan fingerprint density at radius 3 is 2.67 bits per heavy atom. The van der Waals surface area contributed by atoms with Crippen LogP contribution in [0.2, 0.25) is 0 Å². The third-order valence-electron chi connectivity index (χ3n) is 3.63. The van der Waals surface area contributed by atoms with Crippen LogP contribution in [0.15, 0.2) is 29.4 Å². The van der Waals surface area contributed by atoms with Gasteiger partial charge in [-0.3, -0.25) is 9.88 Å². The molecule has 1 aliphatic rings. The minimum absolute atomic E-state index is 0. The summed E-state index contributed by atoms with van der Waals surface area (Å²) in [5, 5.41) is 6.48. The molecule has 0 spiro atoms. The van der Waals surface area contributed by atoms with E-state index < -0.39 is 9.84 Å². The molecule has 0 aromatic carbocycles. The second kappa shape index (κ2) is 10.8. The number of guanidine groups is 1. The molecule has 0 aliphatic carbocycles. The van der Waals surface area contributed by atoms with Crippen LogP contribution in [0.25, 0.3) is 0 Å². The molecule has 1 saturated heterocycles. The van der Waals surface area contributed by atoms with Gasteiger partial charge < -0.3 is 10.6 Å². The van der Waals surface area contributed by atoms with E-state index in [1.54, 1.807) is 6.20 Å². The maximum absolute atomic E-state index is 11.4. The lowest BCUT2D eigenvalue weighted by atomic mass is 10.3. The van der Waals surface area contributed by atoms with Gasteiger partial charge in [0.05, 0.1) is 23.7 Å². The smallest absolute Gasteiger partial charge is 0.191 e. The lowest BCUT2D eigenvalue weighted by Crippen LogP contribution is -2.45. The van der Waals surface area contributed by atoms with Crippen molar-refractivity contribution in [3.8, 4) is 0 Å². The fraction of sp³-hybridized carbons (Fsp3) is 0.600. The van der Waals surface area contributed by atoms with Crippen molar-refractivity contribution in [3.05, 3.63) is 30.1 Å². The lowest BCUT2D eigenvalue weighted by Gasteiger charge is -2.26. The predicted molar refractivity (Wildman–Crippen MR) is 108 cm³/mol. The summed E-state index contributed by atoms with van der Waals surface area (Å²) in [7, 11) is -2.81. The number of pyridine rings is 1. The monoisotopic (exact) mass is 467 g/mol. The van der Waals surface area contributed by atoms with E-state index in [4.69, 9.17) is 0 Å².